The van der Waals surface area contributed by atoms with Gasteiger partial charge in [0.2, 0.25) is 0 Å². The number of rotatable bonds is 4. The second kappa shape index (κ2) is 6.11. The summed E-state index contributed by atoms with van der Waals surface area (Å²) in [6.45, 7) is 6.95. The van der Waals surface area contributed by atoms with Crippen molar-refractivity contribution in [2.24, 2.45) is 17.8 Å². The third-order valence-electron chi connectivity index (χ3n) is 4.20. The molecule has 0 radical (unpaired) electrons. The van der Waals surface area contributed by atoms with E-state index in [4.69, 9.17) is 0 Å². The van der Waals surface area contributed by atoms with Crippen molar-refractivity contribution < 1.29 is 0 Å². The molecule has 1 fully saturated rings. The Hall–Kier alpha value is -0.480. The lowest BCUT2D eigenvalue weighted by molar-refractivity contribution is 0.181. The first-order valence-electron chi connectivity index (χ1n) is 7.14. The van der Waals surface area contributed by atoms with E-state index in [-0.39, 0.29) is 0 Å². The highest BCUT2D eigenvalue weighted by Gasteiger charge is 2.32. The average molecular weight is 267 g/mol. The maximum atomic E-state index is 4.26. The summed E-state index contributed by atoms with van der Waals surface area (Å²) in [6.07, 6.45) is 5.03. The monoisotopic (exact) mass is 267 g/mol. The van der Waals surface area contributed by atoms with Crippen molar-refractivity contribution in [3.05, 3.63) is 10.6 Å². The molecule has 1 aliphatic carbocycles. The normalized spacial score (nSPS) is 30.3. The molecule has 3 atom stereocenters. The van der Waals surface area contributed by atoms with Gasteiger partial charge in [-0.15, -0.1) is 5.10 Å². The van der Waals surface area contributed by atoms with Gasteiger partial charge in [0.15, 0.2) is 0 Å². The van der Waals surface area contributed by atoms with Gasteiger partial charge in [-0.2, -0.15) is 0 Å². The Labute approximate surface area is 115 Å². The van der Waals surface area contributed by atoms with Gasteiger partial charge in [0.05, 0.1) is 10.6 Å². The van der Waals surface area contributed by atoms with Crippen LogP contribution >= 0.6 is 11.5 Å². The number of aryl methyl sites for hydroxylation is 1. The minimum absolute atomic E-state index is 0.449. The fourth-order valence-corrected chi connectivity index (χ4v) is 4.50. The van der Waals surface area contributed by atoms with Crippen LogP contribution in [0.25, 0.3) is 0 Å². The standard InChI is InChI=1S/C14H25N3S/c1-5-12-14(18-17-16-12)13(15-4)11-7-9(2)6-10(3)8-11/h9-11,13,15H,5-8H2,1-4H3. The van der Waals surface area contributed by atoms with Gasteiger partial charge in [0.25, 0.3) is 0 Å². The van der Waals surface area contributed by atoms with E-state index in [1.807, 2.05) is 0 Å². The zero-order valence-electron chi connectivity index (χ0n) is 11.9. The molecule has 0 bridgehead atoms. The number of hydrogen-bond acceptors (Lipinski definition) is 4. The molecular formula is C14H25N3S. The van der Waals surface area contributed by atoms with E-state index in [0.29, 0.717) is 6.04 Å². The lowest BCUT2D eigenvalue weighted by atomic mass is 9.73. The molecule has 0 saturated heterocycles. The van der Waals surface area contributed by atoms with Gasteiger partial charge >= 0.3 is 0 Å². The van der Waals surface area contributed by atoms with E-state index in [2.05, 4.69) is 42.7 Å². The van der Waals surface area contributed by atoms with Crippen molar-refractivity contribution in [3.63, 3.8) is 0 Å². The first-order valence-corrected chi connectivity index (χ1v) is 7.91. The Kier molecular flexibility index (Phi) is 4.73. The van der Waals surface area contributed by atoms with E-state index >= 15 is 0 Å². The maximum Gasteiger partial charge on any atom is 0.0801 e. The average Bonchev–Trinajstić information content (AvgIpc) is 2.77. The number of nitrogens with zero attached hydrogens (tertiary/aromatic N) is 2. The molecule has 0 aliphatic heterocycles. The third-order valence-corrected chi connectivity index (χ3v) is 5.05. The maximum absolute atomic E-state index is 4.26. The van der Waals surface area contributed by atoms with Crippen LogP contribution in [-0.4, -0.2) is 16.6 Å². The Bertz CT molecular complexity index is 367. The molecule has 2 rings (SSSR count). The first-order chi connectivity index (χ1) is 8.65. The minimum atomic E-state index is 0.449. The first kappa shape index (κ1) is 13.9. The molecule has 1 heterocycles. The molecule has 3 unspecified atom stereocenters. The molecule has 1 N–H and O–H groups in total. The molecule has 1 saturated carbocycles. The number of hydrogen-bond donors (Lipinski definition) is 1. The molecule has 18 heavy (non-hydrogen) atoms. The van der Waals surface area contributed by atoms with Crippen LogP contribution in [-0.2, 0) is 6.42 Å². The van der Waals surface area contributed by atoms with Crippen molar-refractivity contribution >= 4 is 11.5 Å². The molecular weight excluding hydrogens is 242 g/mol. The van der Waals surface area contributed by atoms with Crippen LogP contribution in [0.15, 0.2) is 0 Å². The molecule has 3 nitrogen and oxygen atoms in total. The van der Waals surface area contributed by atoms with Crippen LogP contribution in [0.5, 0.6) is 0 Å². The molecule has 102 valence electrons. The topological polar surface area (TPSA) is 37.8 Å². The zero-order valence-corrected chi connectivity index (χ0v) is 12.8. The van der Waals surface area contributed by atoms with E-state index in [0.717, 1.165) is 24.2 Å². The van der Waals surface area contributed by atoms with Crippen LogP contribution in [0.1, 0.15) is 56.6 Å². The molecule has 1 aromatic heterocycles. The summed E-state index contributed by atoms with van der Waals surface area (Å²) in [5.41, 5.74) is 1.19. The lowest BCUT2D eigenvalue weighted by Gasteiger charge is -2.36. The number of nitrogens with one attached hydrogen (secondary N) is 1. The van der Waals surface area contributed by atoms with E-state index in [1.54, 1.807) is 11.5 Å². The summed E-state index contributed by atoms with van der Waals surface area (Å²) in [5.74, 6) is 2.43. The van der Waals surface area contributed by atoms with Crippen LogP contribution in [0.3, 0.4) is 0 Å². The Morgan fingerprint density at radius 3 is 2.50 bits per heavy atom. The molecule has 0 aromatic carbocycles. The van der Waals surface area contributed by atoms with Crippen LogP contribution in [0.4, 0.5) is 0 Å². The van der Waals surface area contributed by atoms with Gasteiger partial charge in [-0.05, 0) is 62.0 Å². The van der Waals surface area contributed by atoms with E-state index in [9.17, 15) is 0 Å². The third kappa shape index (κ3) is 2.91. The Morgan fingerprint density at radius 2 is 1.94 bits per heavy atom. The van der Waals surface area contributed by atoms with Crippen LogP contribution in [0.2, 0.25) is 0 Å². The fourth-order valence-electron chi connectivity index (χ4n) is 3.56. The molecule has 1 aromatic rings. The van der Waals surface area contributed by atoms with E-state index < -0.39 is 0 Å². The second-order valence-corrected chi connectivity index (χ2v) is 6.67. The van der Waals surface area contributed by atoms with Gasteiger partial charge in [-0.3, -0.25) is 0 Å². The zero-order chi connectivity index (χ0) is 13.1. The SMILES string of the molecule is CCc1nnsc1C(NC)C1CC(C)CC(C)C1. The molecule has 0 spiro atoms. The predicted molar refractivity (Wildman–Crippen MR) is 76.8 cm³/mol. The van der Waals surface area contributed by atoms with Gasteiger partial charge in [0.1, 0.15) is 0 Å². The highest BCUT2D eigenvalue weighted by molar-refractivity contribution is 7.05. The Morgan fingerprint density at radius 1 is 1.28 bits per heavy atom. The van der Waals surface area contributed by atoms with Crippen molar-refractivity contribution in [2.75, 3.05) is 7.05 Å². The summed E-state index contributed by atoms with van der Waals surface area (Å²) < 4.78 is 4.15. The summed E-state index contributed by atoms with van der Waals surface area (Å²) in [6, 6.07) is 0.449. The summed E-state index contributed by atoms with van der Waals surface area (Å²) in [7, 11) is 2.08. The molecule has 4 heteroatoms. The van der Waals surface area contributed by atoms with Gasteiger partial charge < -0.3 is 5.32 Å². The lowest BCUT2D eigenvalue weighted by Crippen LogP contribution is -2.31. The van der Waals surface area contributed by atoms with Crippen LogP contribution < -0.4 is 5.32 Å². The van der Waals surface area contributed by atoms with Gasteiger partial charge in [-0.1, -0.05) is 25.3 Å². The highest BCUT2D eigenvalue weighted by atomic mass is 32.1. The van der Waals surface area contributed by atoms with Gasteiger partial charge in [-0.25, -0.2) is 0 Å². The van der Waals surface area contributed by atoms with Crippen molar-refractivity contribution in [3.8, 4) is 0 Å². The minimum Gasteiger partial charge on any atom is -0.312 e. The summed E-state index contributed by atoms with van der Waals surface area (Å²) in [5, 5.41) is 7.79. The second-order valence-electron chi connectivity index (χ2n) is 5.88. The Balaban J connectivity index is 2.17. The summed E-state index contributed by atoms with van der Waals surface area (Å²) >= 11 is 1.58. The highest BCUT2D eigenvalue weighted by Crippen LogP contribution is 2.41. The predicted octanol–water partition coefficient (Wildman–Crippen LogP) is 3.43. The number of aromatic nitrogens is 2. The van der Waals surface area contributed by atoms with Crippen LogP contribution in [0, 0.1) is 17.8 Å². The van der Waals surface area contributed by atoms with Crippen molar-refractivity contribution in [1.82, 2.24) is 14.9 Å². The quantitative estimate of drug-likeness (QED) is 0.908. The van der Waals surface area contributed by atoms with Crippen molar-refractivity contribution in [1.29, 1.82) is 0 Å². The fraction of sp³-hybridized carbons (Fsp3) is 0.857. The van der Waals surface area contributed by atoms with Crippen molar-refractivity contribution in [2.45, 2.75) is 52.5 Å². The summed E-state index contributed by atoms with van der Waals surface area (Å²) in [4.78, 5) is 1.37. The molecule has 0 amide bonds. The van der Waals surface area contributed by atoms with Gasteiger partial charge in [0, 0.05) is 6.04 Å². The van der Waals surface area contributed by atoms with E-state index in [1.165, 1.54) is 29.8 Å². The largest absolute Gasteiger partial charge is 0.312 e. The molecule has 1 aliphatic rings. The smallest absolute Gasteiger partial charge is 0.0801 e.